The third-order valence-electron chi connectivity index (χ3n) is 2.09. The van der Waals surface area contributed by atoms with Gasteiger partial charge in [0.25, 0.3) is 0 Å². The number of aromatic nitrogens is 3. The van der Waals surface area contributed by atoms with E-state index in [2.05, 4.69) is 10.3 Å². The predicted octanol–water partition coefficient (Wildman–Crippen LogP) is 1.16. The number of hydrogen-bond acceptors (Lipinski definition) is 4. The summed E-state index contributed by atoms with van der Waals surface area (Å²) in [5.41, 5.74) is 7.15. The molecule has 0 aliphatic heterocycles. The Hall–Kier alpha value is -1.59. The lowest BCUT2D eigenvalue weighted by Gasteiger charge is -2.01. The zero-order valence-electron chi connectivity index (χ0n) is 8.83. The molecule has 16 heavy (non-hydrogen) atoms. The van der Waals surface area contributed by atoms with Crippen molar-refractivity contribution in [1.82, 2.24) is 15.0 Å². The number of halogens is 1. The van der Waals surface area contributed by atoms with E-state index < -0.39 is 0 Å². The Morgan fingerprint density at radius 3 is 2.50 bits per heavy atom. The van der Waals surface area contributed by atoms with Gasteiger partial charge in [-0.25, -0.2) is 4.68 Å². The third kappa shape index (κ3) is 2.50. The summed E-state index contributed by atoms with van der Waals surface area (Å²) in [6, 6.07) is 7.57. The summed E-state index contributed by atoms with van der Waals surface area (Å²) in [4.78, 5) is 0. The second kappa shape index (κ2) is 5.48. The van der Waals surface area contributed by atoms with Crippen LogP contribution < -0.4 is 10.5 Å². The molecule has 0 unspecified atom stereocenters. The lowest BCUT2D eigenvalue weighted by atomic mass is 10.3. The molecule has 0 bridgehead atoms. The molecule has 2 aromatic rings. The van der Waals surface area contributed by atoms with E-state index in [1.807, 2.05) is 30.5 Å². The highest BCUT2D eigenvalue weighted by Crippen LogP contribution is 2.13. The second-order valence-electron chi connectivity index (χ2n) is 3.06. The number of benzene rings is 1. The van der Waals surface area contributed by atoms with Gasteiger partial charge in [-0.1, -0.05) is 5.21 Å². The Morgan fingerprint density at radius 1 is 1.31 bits per heavy atom. The van der Waals surface area contributed by atoms with Gasteiger partial charge in [-0.05, 0) is 24.3 Å². The Balaban J connectivity index is 0.00000128. The molecule has 5 nitrogen and oxygen atoms in total. The summed E-state index contributed by atoms with van der Waals surface area (Å²) in [7, 11) is 1.64. The molecule has 86 valence electrons. The van der Waals surface area contributed by atoms with Gasteiger partial charge in [0.2, 0.25) is 0 Å². The van der Waals surface area contributed by atoms with Crippen LogP contribution in [0.3, 0.4) is 0 Å². The highest BCUT2D eigenvalue weighted by Gasteiger charge is 2.00. The molecule has 1 aromatic heterocycles. The Bertz CT molecular complexity index is 440. The molecule has 1 aromatic carbocycles. The monoisotopic (exact) mass is 240 g/mol. The lowest BCUT2D eigenvalue weighted by Crippen LogP contribution is -1.96. The van der Waals surface area contributed by atoms with E-state index in [0.29, 0.717) is 6.54 Å². The van der Waals surface area contributed by atoms with Crippen LogP contribution in [0.25, 0.3) is 5.69 Å². The van der Waals surface area contributed by atoms with Gasteiger partial charge in [-0.2, -0.15) is 0 Å². The maximum Gasteiger partial charge on any atom is 0.119 e. The molecule has 0 saturated carbocycles. The van der Waals surface area contributed by atoms with Crippen LogP contribution in [-0.4, -0.2) is 22.1 Å². The van der Waals surface area contributed by atoms with Crippen molar-refractivity contribution in [2.45, 2.75) is 6.54 Å². The first-order valence-corrected chi connectivity index (χ1v) is 4.59. The minimum absolute atomic E-state index is 0. The molecule has 0 fully saturated rings. The van der Waals surface area contributed by atoms with Crippen molar-refractivity contribution in [3.63, 3.8) is 0 Å². The van der Waals surface area contributed by atoms with Crippen LogP contribution in [0.5, 0.6) is 5.75 Å². The van der Waals surface area contributed by atoms with Crippen LogP contribution in [0.4, 0.5) is 0 Å². The van der Waals surface area contributed by atoms with Gasteiger partial charge in [0.1, 0.15) is 5.75 Å². The van der Waals surface area contributed by atoms with E-state index >= 15 is 0 Å². The number of nitrogens with two attached hydrogens (primary N) is 1. The molecule has 0 aliphatic rings. The minimum Gasteiger partial charge on any atom is -0.497 e. The van der Waals surface area contributed by atoms with E-state index in [1.165, 1.54) is 0 Å². The van der Waals surface area contributed by atoms with E-state index in [-0.39, 0.29) is 12.4 Å². The van der Waals surface area contributed by atoms with Gasteiger partial charge < -0.3 is 10.5 Å². The molecule has 0 atom stereocenters. The van der Waals surface area contributed by atoms with Crippen LogP contribution in [-0.2, 0) is 6.54 Å². The van der Waals surface area contributed by atoms with Crippen LogP contribution >= 0.6 is 12.4 Å². The third-order valence-corrected chi connectivity index (χ3v) is 2.09. The second-order valence-corrected chi connectivity index (χ2v) is 3.06. The van der Waals surface area contributed by atoms with Crippen molar-refractivity contribution in [3.8, 4) is 11.4 Å². The molecule has 6 heteroatoms. The lowest BCUT2D eigenvalue weighted by molar-refractivity contribution is 0.414. The van der Waals surface area contributed by atoms with E-state index in [1.54, 1.807) is 11.8 Å². The first-order valence-electron chi connectivity index (χ1n) is 4.59. The van der Waals surface area contributed by atoms with Gasteiger partial charge in [-0.15, -0.1) is 17.5 Å². The average Bonchev–Trinajstić information content (AvgIpc) is 2.78. The molecule has 1 heterocycles. The number of nitrogens with zero attached hydrogens (tertiary/aromatic N) is 3. The molecule has 2 rings (SSSR count). The van der Waals surface area contributed by atoms with Crippen molar-refractivity contribution in [2.75, 3.05) is 7.11 Å². The van der Waals surface area contributed by atoms with Crippen molar-refractivity contribution < 1.29 is 4.74 Å². The van der Waals surface area contributed by atoms with E-state index in [0.717, 1.165) is 17.1 Å². The minimum atomic E-state index is 0. The van der Waals surface area contributed by atoms with Crippen molar-refractivity contribution in [1.29, 1.82) is 0 Å². The summed E-state index contributed by atoms with van der Waals surface area (Å²) < 4.78 is 6.75. The fourth-order valence-corrected chi connectivity index (χ4v) is 1.25. The summed E-state index contributed by atoms with van der Waals surface area (Å²) in [5.74, 6) is 0.818. The molecule has 2 N–H and O–H groups in total. The topological polar surface area (TPSA) is 66.0 Å². The predicted molar refractivity (Wildman–Crippen MR) is 63.1 cm³/mol. The number of ether oxygens (including phenoxy) is 1. The quantitative estimate of drug-likeness (QED) is 0.874. The van der Waals surface area contributed by atoms with Crippen LogP contribution in [0.2, 0.25) is 0 Å². The van der Waals surface area contributed by atoms with Gasteiger partial charge in [0.15, 0.2) is 0 Å². The number of hydrogen-bond donors (Lipinski definition) is 1. The van der Waals surface area contributed by atoms with E-state index in [4.69, 9.17) is 10.5 Å². The molecule has 0 saturated heterocycles. The molecule has 0 aliphatic carbocycles. The normalized spacial score (nSPS) is 9.62. The van der Waals surface area contributed by atoms with Gasteiger partial charge >= 0.3 is 0 Å². The molecule has 0 radical (unpaired) electrons. The average molecular weight is 241 g/mol. The summed E-state index contributed by atoms with van der Waals surface area (Å²) in [5, 5.41) is 7.87. The smallest absolute Gasteiger partial charge is 0.119 e. The van der Waals surface area contributed by atoms with Gasteiger partial charge in [0.05, 0.1) is 24.7 Å². The summed E-state index contributed by atoms with van der Waals surface area (Å²) in [6.45, 7) is 0.399. The van der Waals surface area contributed by atoms with Crippen LogP contribution in [0, 0.1) is 0 Å². The number of methoxy groups -OCH3 is 1. The highest BCUT2D eigenvalue weighted by molar-refractivity contribution is 5.85. The SMILES string of the molecule is COc1ccc(-n2cc(CN)nn2)cc1.Cl. The van der Waals surface area contributed by atoms with Crippen molar-refractivity contribution >= 4 is 12.4 Å². The Morgan fingerprint density at radius 2 is 2.00 bits per heavy atom. The molecular formula is C10H13ClN4O. The first-order chi connectivity index (χ1) is 7.33. The molecular weight excluding hydrogens is 228 g/mol. The van der Waals surface area contributed by atoms with Crippen LogP contribution in [0.1, 0.15) is 5.69 Å². The van der Waals surface area contributed by atoms with E-state index in [9.17, 15) is 0 Å². The largest absolute Gasteiger partial charge is 0.497 e. The summed E-state index contributed by atoms with van der Waals surface area (Å²) in [6.07, 6.45) is 1.81. The highest BCUT2D eigenvalue weighted by atomic mass is 35.5. The zero-order valence-corrected chi connectivity index (χ0v) is 9.65. The summed E-state index contributed by atoms with van der Waals surface area (Å²) >= 11 is 0. The first kappa shape index (κ1) is 12.5. The number of rotatable bonds is 3. The standard InChI is InChI=1S/C10H12N4O.ClH/c1-15-10-4-2-9(3-5-10)14-7-8(6-11)12-13-14;/h2-5,7H,6,11H2,1H3;1H. The Kier molecular flexibility index (Phi) is 4.28. The fraction of sp³-hybridized carbons (Fsp3) is 0.200. The maximum absolute atomic E-state index is 5.45. The zero-order chi connectivity index (χ0) is 10.7. The molecule has 0 amide bonds. The van der Waals surface area contributed by atoms with Crippen molar-refractivity contribution in [2.24, 2.45) is 5.73 Å². The maximum atomic E-state index is 5.45. The Labute approximate surface area is 99.6 Å². The van der Waals surface area contributed by atoms with Gasteiger partial charge in [-0.3, -0.25) is 0 Å². The van der Waals surface area contributed by atoms with Crippen molar-refractivity contribution in [3.05, 3.63) is 36.2 Å². The fourth-order valence-electron chi connectivity index (χ4n) is 1.25. The van der Waals surface area contributed by atoms with Gasteiger partial charge in [0, 0.05) is 6.54 Å². The van der Waals surface area contributed by atoms with Crippen LogP contribution in [0.15, 0.2) is 30.5 Å². The molecule has 0 spiro atoms.